The summed E-state index contributed by atoms with van der Waals surface area (Å²) < 4.78 is 4.78. The predicted molar refractivity (Wildman–Crippen MR) is 71.6 cm³/mol. The molecule has 0 aliphatic carbocycles. The number of allylic oxidation sites excluding steroid dienone is 3. The van der Waals surface area contributed by atoms with Crippen LogP contribution < -0.4 is 4.74 Å². The van der Waals surface area contributed by atoms with Gasteiger partial charge in [0.25, 0.3) is 0 Å². The lowest BCUT2D eigenvalue weighted by Gasteiger charge is -2.01. The minimum Gasteiger partial charge on any atom is -0.504 e. The lowest BCUT2D eigenvalue weighted by molar-refractivity contribution is -0.131. The maximum Gasteiger partial charge on any atom is 0.328 e. The fourth-order valence-electron chi connectivity index (χ4n) is 1.02. The largest absolute Gasteiger partial charge is 0.504 e. The van der Waals surface area contributed by atoms with Crippen molar-refractivity contribution in [2.75, 3.05) is 7.11 Å². The molecular weight excluding hydrogens is 248 g/mol. The Morgan fingerprint density at radius 2 is 2.00 bits per heavy atom. The van der Waals surface area contributed by atoms with E-state index >= 15 is 0 Å². The highest BCUT2D eigenvalue weighted by molar-refractivity contribution is 5.80. The summed E-state index contributed by atoms with van der Waals surface area (Å²) >= 11 is 0. The van der Waals surface area contributed by atoms with Gasteiger partial charge in [-0.1, -0.05) is 18.2 Å². The van der Waals surface area contributed by atoms with Crippen molar-refractivity contribution in [3.05, 3.63) is 48.1 Å². The van der Waals surface area contributed by atoms with Gasteiger partial charge in [-0.15, -0.1) is 0 Å². The Labute approximate surface area is 111 Å². The number of phenolic OH excluding ortho intramolecular Hbond substituents is 1. The Kier molecular flexibility index (Phi) is 8.19. The summed E-state index contributed by atoms with van der Waals surface area (Å²) in [5.74, 6) is -0.559. The molecule has 0 aliphatic rings. The summed E-state index contributed by atoms with van der Waals surface area (Å²) in [6.07, 6.45) is 6.68. The molecule has 5 nitrogen and oxygen atoms in total. The van der Waals surface area contributed by atoms with Crippen molar-refractivity contribution in [1.29, 1.82) is 0 Å². The van der Waals surface area contributed by atoms with E-state index in [1.54, 1.807) is 12.2 Å². The zero-order valence-electron chi connectivity index (χ0n) is 10.7. The number of hydrogen-bond acceptors (Lipinski definition) is 4. The summed E-state index contributed by atoms with van der Waals surface area (Å²) in [6.45, 7) is 1.83. The zero-order chi connectivity index (χ0) is 14.7. The molecule has 0 bridgehead atoms. The monoisotopic (exact) mass is 264 g/mol. The molecule has 1 aromatic rings. The van der Waals surface area contributed by atoms with Crippen LogP contribution in [0.3, 0.4) is 0 Å². The van der Waals surface area contributed by atoms with E-state index in [4.69, 9.17) is 14.9 Å². The van der Waals surface area contributed by atoms with Gasteiger partial charge in [0, 0.05) is 11.6 Å². The predicted octanol–water partition coefficient (Wildman–Crippen LogP) is 2.42. The normalized spacial score (nSPS) is 10.0. The molecule has 19 heavy (non-hydrogen) atoms. The number of carboxylic acids is 1. The van der Waals surface area contributed by atoms with Crippen molar-refractivity contribution in [2.45, 2.75) is 6.92 Å². The second kappa shape index (κ2) is 9.47. The topological polar surface area (TPSA) is 83.8 Å². The third-order valence-electron chi connectivity index (χ3n) is 1.88. The summed E-state index contributed by atoms with van der Waals surface area (Å²) in [4.78, 5) is 20.0. The minimum absolute atomic E-state index is 0.0399. The Morgan fingerprint density at radius 1 is 1.32 bits per heavy atom. The van der Waals surface area contributed by atoms with Gasteiger partial charge in [0.15, 0.2) is 11.5 Å². The highest BCUT2D eigenvalue weighted by atomic mass is 16.5. The number of rotatable bonds is 4. The minimum atomic E-state index is -0.914. The third-order valence-corrected chi connectivity index (χ3v) is 1.88. The third kappa shape index (κ3) is 7.38. The van der Waals surface area contributed by atoms with E-state index in [1.807, 2.05) is 6.92 Å². The molecule has 1 rings (SSSR count). The maximum absolute atomic E-state index is 10.2. The number of carbonyl (C=O) groups excluding carboxylic acids is 1. The Morgan fingerprint density at radius 3 is 2.47 bits per heavy atom. The number of aromatic hydroxyl groups is 1. The Hall–Kier alpha value is -2.56. The van der Waals surface area contributed by atoms with Gasteiger partial charge >= 0.3 is 5.97 Å². The smallest absolute Gasteiger partial charge is 0.328 e. The molecule has 0 saturated heterocycles. The molecule has 0 unspecified atom stereocenters. The van der Waals surface area contributed by atoms with Crippen molar-refractivity contribution in [3.63, 3.8) is 0 Å². The average molecular weight is 264 g/mol. The van der Waals surface area contributed by atoms with Gasteiger partial charge in [0.2, 0.25) is 0 Å². The van der Waals surface area contributed by atoms with Gasteiger partial charge in [-0.2, -0.15) is 0 Å². The molecule has 0 radical (unpaired) electrons. The number of carbonyl (C=O) groups is 2. The maximum atomic E-state index is 10.2. The van der Waals surface area contributed by atoms with Crippen LogP contribution in [0.5, 0.6) is 11.5 Å². The van der Waals surface area contributed by atoms with Crippen molar-refractivity contribution in [1.82, 2.24) is 0 Å². The van der Waals surface area contributed by atoms with Gasteiger partial charge < -0.3 is 14.9 Å². The van der Waals surface area contributed by atoms with Gasteiger partial charge in [-0.3, -0.25) is 4.79 Å². The fourth-order valence-corrected chi connectivity index (χ4v) is 1.02. The first-order chi connectivity index (χ1) is 9.04. The second-order valence-corrected chi connectivity index (χ2v) is 3.27. The van der Waals surface area contributed by atoms with Crippen LogP contribution in [0.25, 0.3) is 0 Å². The molecular formula is C14H16O5. The highest BCUT2D eigenvalue weighted by Gasteiger charge is 2.00. The first kappa shape index (κ1) is 16.4. The van der Waals surface area contributed by atoms with E-state index < -0.39 is 5.97 Å². The van der Waals surface area contributed by atoms with E-state index in [1.165, 1.54) is 31.4 Å². The molecule has 0 amide bonds. The molecule has 0 heterocycles. The molecule has 102 valence electrons. The first-order valence-electron chi connectivity index (χ1n) is 5.39. The molecule has 0 atom stereocenters. The van der Waals surface area contributed by atoms with Crippen LogP contribution >= 0.6 is 0 Å². The zero-order valence-corrected chi connectivity index (χ0v) is 10.7. The van der Waals surface area contributed by atoms with Gasteiger partial charge in [0.05, 0.1) is 7.11 Å². The highest BCUT2D eigenvalue weighted by Crippen LogP contribution is 2.25. The van der Waals surface area contributed by atoms with Crippen molar-refractivity contribution >= 4 is 12.3 Å². The summed E-state index contributed by atoms with van der Waals surface area (Å²) in [7, 11) is 1.43. The lowest BCUT2D eigenvalue weighted by Crippen LogP contribution is -1.85. The molecule has 0 fully saturated rings. The van der Waals surface area contributed by atoms with Crippen LogP contribution in [0.4, 0.5) is 0 Å². The van der Waals surface area contributed by atoms with Crippen LogP contribution in [0.1, 0.15) is 17.3 Å². The second-order valence-electron chi connectivity index (χ2n) is 3.27. The molecule has 0 aromatic heterocycles. The van der Waals surface area contributed by atoms with Crippen LogP contribution in [-0.2, 0) is 4.79 Å². The Bertz CT molecular complexity index is 475. The standard InChI is InChI=1S/C8H8O3.C6H8O2/c1-11-8-4-6(5-9)2-3-7(8)10;1-2-3-4-5-6(7)8/h2-5,10H,1H3;2-5H,1H3,(H,7,8)/b;3-2+,5-4+. The van der Waals surface area contributed by atoms with Crippen molar-refractivity contribution < 1.29 is 24.5 Å². The van der Waals surface area contributed by atoms with E-state index in [9.17, 15) is 9.59 Å². The number of ether oxygens (including phenoxy) is 1. The number of aldehydes is 1. The number of methoxy groups -OCH3 is 1. The molecule has 1 aromatic carbocycles. The van der Waals surface area contributed by atoms with Crippen molar-refractivity contribution in [2.24, 2.45) is 0 Å². The van der Waals surface area contributed by atoms with Crippen LogP contribution in [-0.4, -0.2) is 29.6 Å². The quantitative estimate of drug-likeness (QED) is 0.495. The van der Waals surface area contributed by atoms with E-state index in [-0.39, 0.29) is 5.75 Å². The first-order valence-corrected chi connectivity index (χ1v) is 5.39. The molecule has 0 saturated carbocycles. The van der Waals surface area contributed by atoms with Crippen LogP contribution in [0.2, 0.25) is 0 Å². The van der Waals surface area contributed by atoms with Crippen LogP contribution in [0, 0.1) is 0 Å². The number of carboxylic acid groups (broad SMARTS) is 1. The summed E-state index contributed by atoms with van der Waals surface area (Å²) in [5, 5.41) is 17.1. The Balaban J connectivity index is 0.000000362. The summed E-state index contributed by atoms with van der Waals surface area (Å²) in [5.41, 5.74) is 0.486. The SMILES string of the molecule is C/C=C/C=C/C(=O)O.COc1cc(C=O)ccc1O. The van der Waals surface area contributed by atoms with E-state index in [0.29, 0.717) is 17.6 Å². The van der Waals surface area contributed by atoms with Gasteiger partial charge in [-0.25, -0.2) is 4.79 Å². The number of phenols is 1. The van der Waals surface area contributed by atoms with Gasteiger partial charge in [0.1, 0.15) is 6.29 Å². The lowest BCUT2D eigenvalue weighted by atomic mass is 10.2. The molecule has 5 heteroatoms. The average Bonchev–Trinajstić information content (AvgIpc) is 2.40. The molecule has 0 aliphatic heterocycles. The van der Waals surface area contributed by atoms with E-state index in [0.717, 1.165) is 6.08 Å². The van der Waals surface area contributed by atoms with Gasteiger partial charge in [-0.05, 0) is 25.1 Å². The number of aliphatic carboxylic acids is 1. The van der Waals surface area contributed by atoms with E-state index in [2.05, 4.69) is 0 Å². The van der Waals surface area contributed by atoms with Crippen molar-refractivity contribution in [3.8, 4) is 11.5 Å². The summed E-state index contributed by atoms with van der Waals surface area (Å²) in [6, 6.07) is 4.41. The molecule has 0 spiro atoms. The number of benzene rings is 1. The number of hydrogen-bond donors (Lipinski definition) is 2. The van der Waals surface area contributed by atoms with Crippen LogP contribution in [0.15, 0.2) is 42.5 Å². The fraction of sp³-hybridized carbons (Fsp3) is 0.143. The molecule has 2 N–H and O–H groups in total.